The molecule has 1 rings (SSSR count). The second-order valence-corrected chi connectivity index (χ2v) is 5.41. The average molecular weight is 303 g/mol. The first-order valence-electron chi connectivity index (χ1n) is 6.64. The molecule has 1 aromatic rings. The van der Waals surface area contributed by atoms with Crippen LogP contribution >= 0.6 is 0 Å². The average Bonchev–Trinajstić information content (AvgIpc) is 2.35. The molecular formula is C14H20F3N3O. The molecule has 1 atom stereocenters. The lowest BCUT2D eigenvalue weighted by molar-refractivity contribution is -0.137. The predicted octanol–water partition coefficient (Wildman–Crippen LogP) is 3.16. The minimum atomic E-state index is -4.58. The van der Waals surface area contributed by atoms with Gasteiger partial charge in [0.25, 0.3) is 5.91 Å². The van der Waals surface area contributed by atoms with Gasteiger partial charge >= 0.3 is 6.18 Å². The molecule has 0 aliphatic rings. The third-order valence-electron chi connectivity index (χ3n) is 2.95. The number of nitrogen functional groups attached to an aromatic ring is 1. The fourth-order valence-corrected chi connectivity index (χ4v) is 2.12. The van der Waals surface area contributed by atoms with Crippen LogP contribution in [-0.4, -0.2) is 11.9 Å². The molecular weight excluding hydrogens is 283 g/mol. The zero-order valence-electron chi connectivity index (χ0n) is 12.2. The first-order valence-corrected chi connectivity index (χ1v) is 6.64. The smallest absolute Gasteiger partial charge is 0.350 e. The highest BCUT2D eigenvalue weighted by Gasteiger charge is 2.34. The highest BCUT2D eigenvalue weighted by Crippen LogP contribution is 2.35. The maximum atomic E-state index is 12.9. The van der Waals surface area contributed by atoms with E-state index in [-0.39, 0.29) is 17.3 Å². The fraction of sp³-hybridized carbons (Fsp3) is 0.500. The molecule has 21 heavy (non-hydrogen) atoms. The number of carbonyl (C=O) groups excluding carboxylic acids is 1. The highest BCUT2D eigenvalue weighted by atomic mass is 19.4. The Morgan fingerprint density at radius 3 is 2.38 bits per heavy atom. The van der Waals surface area contributed by atoms with Crippen molar-refractivity contribution in [3.8, 4) is 0 Å². The Morgan fingerprint density at radius 1 is 1.29 bits per heavy atom. The number of halogens is 3. The molecule has 0 radical (unpaired) electrons. The van der Waals surface area contributed by atoms with E-state index in [1.54, 1.807) is 0 Å². The van der Waals surface area contributed by atoms with Crippen LogP contribution in [0.2, 0.25) is 0 Å². The van der Waals surface area contributed by atoms with E-state index >= 15 is 0 Å². The predicted molar refractivity (Wildman–Crippen MR) is 75.6 cm³/mol. The zero-order valence-corrected chi connectivity index (χ0v) is 12.2. The lowest BCUT2D eigenvalue weighted by Crippen LogP contribution is -2.33. The highest BCUT2D eigenvalue weighted by molar-refractivity contribution is 5.95. The summed E-state index contributed by atoms with van der Waals surface area (Å²) in [5.41, 5.74) is 0.706. The number of amides is 1. The van der Waals surface area contributed by atoms with Crippen molar-refractivity contribution < 1.29 is 18.0 Å². The quantitative estimate of drug-likeness (QED) is 0.578. The van der Waals surface area contributed by atoms with Gasteiger partial charge in [-0.1, -0.05) is 13.8 Å². The minimum absolute atomic E-state index is 0.0445. The van der Waals surface area contributed by atoms with Crippen molar-refractivity contribution in [3.63, 3.8) is 0 Å². The van der Waals surface area contributed by atoms with E-state index < -0.39 is 17.6 Å². The molecule has 4 nitrogen and oxygen atoms in total. The summed E-state index contributed by atoms with van der Waals surface area (Å²) in [6, 6.07) is 3.14. The number of rotatable bonds is 5. The second-order valence-electron chi connectivity index (χ2n) is 5.41. The molecule has 1 amide bonds. The van der Waals surface area contributed by atoms with Gasteiger partial charge in [0, 0.05) is 11.6 Å². The molecule has 0 aliphatic carbocycles. The van der Waals surface area contributed by atoms with Crippen LogP contribution in [0.5, 0.6) is 0 Å². The first kappa shape index (κ1) is 17.3. The van der Waals surface area contributed by atoms with Crippen LogP contribution in [0.3, 0.4) is 0 Å². The molecule has 7 heteroatoms. The van der Waals surface area contributed by atoms with Gasteiger partial charge in [-0.2, -0.15) is 13.2 Å². The lowest BCUT2D eigenvalue weighted by Gasteiger charge is -2.17. The third kappa shape index (κ3) is 4.93. The van der Waals surface area contributed by atoms with Crippen molar-refractivity contribution in [1.82, 2.24) is 5.32 Å². The zero-order chi connectivity index (χ0) is 16.2. The third-order valence-corrected chi connectivity index (χ3v) is 2.95. The summed E-state index contributed by atoms with van der Waals surface area (Å²) in [4.78, 5) is 12.0. The minimum Gasteiger partial charge on any atom is -0.350 e. The van der Waals surface area contributed by atoms with Gasteiger partial charge in [0.1, 0.15) is 0 Å². The van der Waals surface area contributed by atoms with Crippen LogP contribution in [0.1, 0.15) is 43.1 Å². The number of anilines is 1. The number of nitrogens with one attached hydrogen (secondary N) is 2. The van der Waals surface area contributed by atoms with Crippen molar-refractivity contribution >= 4 is 11.6 Å². The van der Waals surface area contributed by atoms with Gasteiger partial charge in [-0.3, -0.25) is 10.6 Å². The molecule has 1 aromatic carbocycles. The normalized spacial score (nSPS) is 13.1. The molecule has 0 aliphatic heterocycles. The summed E-state index contributed by atoms with van der Waals surface area (Å²) < 4.78 is 38.7. The van der Waals surface area contributed by atoms with Crippen molar-refractivity contribution in [1.29, 1.82) is 0 Å². The topological polar surface area (TPSA) is 67.2 Å². The SMILES string of the molecule is CC(C)CC(C)NC(=O)c1ccc(NN)c(C(F)(F)F)c1. The van der Waals surface area contributed by atoms with Gasteiger partial charge in [-0.05, 0) is 37.5 Å². The van der Waals surface area contributed by atoms with Gasteiger partial charge in [0.2, 0.25) is 0 Å². The molecule has 0 bridgehead atoms. The molecule has 0 fully saturated rings. The van der Waals surface area contributed by atoms with Crippen molar-refractivity contribution in [2.75, 3.05) is 5.43 Å². The lowest BCUT2D eigenvalue weighted by atomic mass is 10.0. The van der Waals surface area contributed by atoms with Crippen molar-refractivity contribution in [2.24, 2.45) is 11.8 Å². The van der Waals surface area contributed by atoms with E-state index in [0.29, 0.717) is 5.92 Å². The molecule has 4 N–H and O–H groups in total. The number of carbonyl (C=O) groups is 1. The monoisotopic (exact) mass is 303 g/mol. The summed E-state index contributed by atoms with van der Waals surface area (Å²) in [5.74, 6) is 4.91. The molecule has 0 saturated heterocycles. The molecule has 118 valence electrons. The van der Waals surface area contributed by atoms with Crippen molar-refractivity contribution in [2.45, 2.75) is 39.4 Å². The Labute approximate surface area is 121 Å². The number of benzene rings is 1. The Kier molecular flexibility index (Phi) is 5.60. The van der Waals surface area contributed by atoms with Crippen LogP contribution < -0.4 is 16.6 Å². The van der Waals surface area contributed by atoms with E-state index in [0.717, 1.165) is 18.6 Å². The van der Waals surface area contributed by atoms with Crippen LogP contribution in [-0.2, 0) is 6.18 Å². The molecule has 0 spiro atoms. The summed E-state index contributed by atoms with van der Waals surface area (Å²) in [6.07, 6.45) is -3.83. The molecule has 1 unspecified atom stereocenters. The standard InChI is InChI=1S/C14H20F3N3O/c1-8(2)6-9(3)19-13(21)10-4-5-12(20-18)11(7-10)14(15,16)17/h4-5,7-9,20H,6,18H2,1-3H3,(H,19,21). The Hall–Kier alpha value is -1.76. The fourth-order valence-electron chi connectivity index (χ4n) is 2.12. The molecule has 0 saturated carbocycles. The van der Waals surface area contributed by atoms with E-state index in [2.05, 4.69) is 5.32 Å². The van der Waals surface area contributed by atoms with Crippen molar-refractivity contribution in [3.05, 3.63) is 29.3 Å². The Bertz CT molecular complexity index is 501. The summed E-state index contributed by atoms with van der Waals surface area (Å²) in [6.45, 7) is 5.83. The largest absolute Gasteiger partial charge is 0.418 e. The van der Waals surface area contributed by atoms with Crippen LogP contribution in [0.4, 0.5) is 18.9 Å². The van der Waals surface area contributed by atoms with Gasteiger partial charge < -0.3 is 10.7 Å². The van der Waals surface area contributed by atoms with Crippen LogP contribution in [0.25, 0.3) is 0 Å². The molecule has 0 aromatic heterocycles. The van der Waals surface area contributed by atoms with E-state index in [9.17, 15) is 18.0 Å². The molecule has 0 heterocycles. The second kappa shape index (κ2) is 6.80. The van der Waals surface area contributed by atoms with Crippen LogP contribution in [0, 0.1) is 5.92 Å². The Balaban J connectivity index is 2.96. The first-order chi connectivity index (χ1) is 9.65. The van der Waals surface area contributed by atoms with Gasteiger partial charge in [0.15, 0.2) is 0 Å². The number of hydrazine groups is 1. The van der Waals surface area contributed by atoms with Crippen LogP contribution in [0.15, 0.2) is 18.2 Å². The summed E-state index contributed by atoms with van der Waals surface area (Å²) >= 11 is 0. The number of hydrogen-bond donors (Lipinski definition) is 3. The van der Waals surface area contributed by atoms with Gasteiger partial charge in [-0.15, -0.1) is 0 Å². The van der Waals surface area contributed by atoms with E-state index in [4.69, 9.17) is 5.84 Å². The van der Waals surface area contributed by atoms with E-state index in [1.165, 1.54) is 6.07 Å². The summed E-state index contributed by atoms with van der Waals surface area (Å²) in [5, 5.41) is 2.69. The Morgan fingerprint density at radius 2 is 1.90 bits per heavy atom. The summed E-state index contributed by atoms with van der Waals surface area (Å²) in [7, 11) is 0. The number of nitrogens with two attached hydrogens (primary N) is 1. The number of hydrogen-bond acceptors (Lipinski definition) is 3. The van der Waals surface area contributed by atoms with Gasteiger partial charge in [0.05, 0.1) is 11.3 Å². The van der Waals surface area contributed by atoms with Gasteiger partial charge in [-0.25, -0.2) is 0 Å². The maximum Gasteiger partial charge on any atom is 0.418 e. The maximum absolute atomic E-state index is 12.9. The van der Waals surface area contributed by atoms with E-state index in [1.807, 2.05) is 26.2 Å². The number of alkyl halides is 3.